The third-order valence-corrected chi connectivity index (χ3v) is 6.50. The summed E-state index contributed by atoms with van der Waals surface area (Å²) in [5.74, 6) is 1.17. The molecule has 0 aliphatic heterocycles. The number of aryl methyl sites for hydroxylation is 1. The van der Waals surface area contributed by atoms with Gasteiger partial charge in [-0.05, 0) is 41.5 Å². The van der Waals surface area contributed by atoms with Gasteiger partial charge in [-0.3, -0.25) is 4.79 Å². The highest BCUT2D eigenvalue weighted by Gasteiger charge is 2.13. The average molecular weight is 496 g/mol. The molecular weight excluding hydrogens is 470 g/mol. The van der Waals surface area contributed by atoms with Crippen molar-refractivity contribution in [2.75, 3.05) is 0 Å². The molecule has 0 saturated heterocycles. The molecule has 5 aromatic carbocycles. The Balaban J connectivity index is 1.49. The third kappa shape index (κ3) is 4.58. The summed E-state index contributed by atoms with van der Waals surface area (Å²) < 4.78 is 7.67. The second-order valence-corrected chi connectivity index (χ2v) is 9.16. The highest BCUT2D eigenvalue weighted by atomic mass is 16.5. The van der Waals surface area contributed by atoms with E-state index in [0.717, 1.165) is 27.5 Å². The van der Waals surface area contributed by atoms with Crippen molar-refractivity contribution >= 4 is 27.9 Å². The van der Waals surface area contributed by atoms with Crippen molar-refractivity contribution in [1.82, 2.24) is 9.66 Å². The molecule has 0 unspecified atom stereocenters. The standard InChI is InChI=1S/C33H25N3O2/c1-23-10-9-11-24(20-23)22-38-31-19-18-25-12-5-6-15-27(25)29(31)21-34-36-32(26-13-3-2-4-14-26)35-30-17-8-7-16-28(30)33(36)37/h2-21H,22H2,1H3. The van der Waals surface area contributed by atoms with Crippen LogP contribution in [-0.2, 0) is 6.61 Å². The molecule has 6 rings (SSSR count). The van der Waals surface area contributed by atoms with Crippen LogP contribution in [-0.4, -0.2) is 15.9 Å². The van der Waals surface area contributed by atoms with Crippen LogP contribution in [0.1, 0.15) is 16.7 Å². The van der Waals surface area contributed by atoms with E-state index in [0.29, 0.717) is 29.1 Å². The molecule has 0 bridgehead atoms. The Morgan fingerprint density at radius 2 is 1.58 bits per heavy atom. The topological polar surface area (TPSA) is 56.5 Å². The molecule has 0 atom stereocenters. The van der Waals surface area contributed by atoms with Crippen molar-refractivity contribution in [2.45, 2.75) is 13.5 Å². The number of benzene rings is 5. The van der Waals surface area contributed by atoms with Crippen LogP contribution in [0.15, 0.2) is 125 Å². The van der Waals surface area contributed by atoms with E-state index in [1.54, 1.807) is 12.3 Å². The van der Waals surface area contributed by atoms with Crippen LogP contribution in [0.5, 0.6) is 5.75 Å². The van der Waals surface area contributed by atoms with Gasteiger partial charge in [-0.1, -0.05) is 103 Å². The monoisotopic (exact) mass is 495 g/mol. The van der Waals surface area contributed by atoms with E-state index >= 15 is 0 Å². The second-order valence-electron chi connectivity index (χ2n) is 9.16. The first kappa shape index (κ1) is 23.4. The number of hydrogen-bond donors (Lipinski definition) is 0. The molecule has 0 aliphatic carbocycles. The first-order chi connectivity index (χ1) is 18.7. The first-order valence-corrected chi connectivity index (χ1v) is 12.5. The lowest BCUT2D eigenvalue weighted by Crippen LogP contribution is -2.20. The van der Waals surface area contributed by atoms with Gasteiger partial charge >= 0.3 is 0 Å². The fraction of sp³-hybridized carbons (Fsp3) is 0.0606. The second kappa shape index (κ2) is 10.1. The predicted octanol–water partition coefficient (Wildman–Crippen LogP) is 6.99. The maximum Gasteiger partial charge on any atom is 0.282 e. The van der Waals surface area contributed by atoms with E-state index in [4.69, 9.17) is 14.8 Å². The van der Waals surface area contributed by atoms with E-state index in [9.17, 15) is 4.79 Å². The lowest BCUT2D eigenvalue weighted by Gasteiger charge is -2.13. The Kier molecular flexibility index (Phi) is 6.24. The molecular formula is C33H25N3O2. The molecule has 5 nitrogen and oxygen atoms in total. The van der Waals surface area contributed by atoms with Crippen LogP contribution >= 0.6 is 0 Å². The van der Waals surface area contributed by atoms with E-state index in [2.05, 4.69) is 25.1 Å². The molecule has 0 spiro atoms. The Morgan fingerprint density at radius 3 is 2.42 bits per heavy atom. The lowest BCUT2D eigenvalue weighted by molar-refractivity contribution is 0.306. The zero-order chi connectivity index (χ0) is 25.9. The van der Waals surface area contributed by atoms with Gasteiger partial charge < -0.3 is 4.74 Å². The van der Waals surface area contributed by atoms with E-state index < -0.39 is 0 Å². The zero-order valence-electron chi connectivity index (χ0n) is 20.9. The highest BCUT2D eigenvalue weighted by Crippen LogP contribution is 2.28. The molecule has 38 heavy (non-hydrogen) atoms. The number of fused-ring (bicyclic) bond motifs is 2. The Morgan fingerprint density at radius 1 is 0.816 bits per heavy atom. The van der Waals surface area contributed by atoms with Gasteiger partial charge in [-0.2, -0.15) is 9.78 Å². The average Bonchev–Trinajstić information content (AvgIpc) is 2.96. The van der Waals surface area contributed by atoms with Crippen molar-refractivity contribution in [3.63, 3.8) is 0 Å². The summed E-state index contributed by atoms with van der Waals surface area (Å²) in [6, 6.07) is 37.3. The van der Waals surface area contributed by atoms with Crippen LogP contribution in [0.2, 0.25) is 0 Å². The van der Waals surface area contributed by atoms with Crippen molar-refractivity contribution in [3.05, 3.63) is 142 Å². The highest BCUT2D eigenvalue weighted by molar-refractivity contribution is 6.02. The smallest absolute Gasteiger partial charge is 0.282 e. The molecule has 0 aliphatic rings. The normalized spacial score (nSPS) is 11.4. The van der Waals surface area contributed by atoms with Gasteiger partial charge in [-0.15, -0.1) is 0 Å². The van der Waals surface area contributed by atoms with Gasteiger partial charge in [0.05, 0.1) is 17.1 Å². The molecule has 0 fully saturated rings. The van der Waals surface area contributed by atoms with Gasteiger partial charge in [0.25, 0.3) is 5.56 Å². The molecule has 0 radical (unpaired) electrons. The first-order valence-electron chi connectivity index (χ1n) is 12.5. The summed E-state index contributed by atoms with van der Waals surface area (Å²) in [6.07, 6.45) is 1.71. The number of aromatic nitrogens is 2. The minimum atomic E-state index is -0.229. The van der Waals surface area contributed by atoms with Gasteiger partial charge in [0.1, 0.15) is 12.4 Å². The molecule has 5 heteroatoms. The molecule has 1 aromatic heterocycles. The van der Waals surface area contributed by atoms with Crippen molar-refractivity contribution in [2.24, 2.45) is 5.10 Å². The van der Waals surface area contributed by atoms with Gasteiger partial charge in [0, 0.05) is 11.1 Å². The Labute approximate surface area is 220 Å². The van der Waals surface area contributed by atoms with E-state index in [1.165, 1.54) is 10.2 Å². The lowest BCUT2D eigenvalue weighted by atomic mass is 10.0. The maximum atomic E-state index is 13.6. The van der Waals surface area contributed by atoms with Crippen LogP contribution in [0, 0.1) is 6.92 Å². The number of nitrogens with zero attached hydrogens (tertiary/aromatic N) is 3. The fourth-order valence-corrected chi connectivity index (χ4v) is 4.62. The largest absolute Gasteiger partial charge is 0.488 e. The number of hydrogen-bond acceptors (Lipinski definition) is 4. The molecule has 0 N–H and O–H groups in total. The van der Waals surface area contributed by atoms with Crippen LogP contribution < -0.4 is 10.3 Å². The summed E-state index contributed by atoms with van der Waals surface area (Å²) in [7, 11) is 0. The van der Waals surface area contributed by atoms with Crippen molar-refractivity contribution < 1.29 is 4.74 Å². The molecule has 6 aromatic rings. The SMILES string of the molecule is Cc1cccc(COc2ccc3ccccc3c2C=Nn2c(-c3ccccc3)nc3ccccc3c2=O)c1. The number of rotatable bonds is 6. The van der Waals surface area contributed by atoms with Crippen LogP contribution in [0.25, 0.3) is 33.1 Å². The summed E-state index contributed by atoms with van der Waals surface area (Å²) in [5.41, 5.74) is 4.28. The molecule has 0 saturated carbocycles. The molecule has 1 heterocycles. The Bertz CT molecular complexity index is 1860. The zero-order valence-corrected chi connectivity index (χ0v) is 20.9. The van der Waals surface area contributed by atoms with Crippen molar-refractivity contribution in [1.29, 1.82) is 0 Å². The minimum absolute atomic E-state index is 0.229. The van der Waals surface area contributed by atoms with Crippen LogP contribution in [0.4, 0.5) is 0 Å². The van der Waals surface area contributed by atoms with Crippen LogP contribution in [0.3, 0.4) is 0 Å². The minimum Gasteiger partial charge on any atom is -0.488 e. The predicted molar refractivity (Wildman–Crippen MR) is 154 cm³/mol. The number of ether oxygens (including phenoxy) is 1. The van der Waals surface area contributed by atoms with E-state index in [-0.39, 0.29) is 5.56 Å². The molecule has 184 valence electrons. The summed E-state index contributed by atoms with van der Waals surface area (Å²) in [5, 5.41) is 7.28. The third-order valence-electron chi connectivity index (χ3n) is 6.50. The van der Waals surface area contributed by atoms with Gasteiger partial charge in [-0.25, -0.2) is 4.98 Å². The number of para-hydroxylation sites is 1. The quantitative estimate of drug-likeness (QED) is 0.234. The van der Waals surface area contributed by atoms with Gasteiger partial charge in [0.15, 0.2) is 5.82 Å². The maximum absolute atomic E-state index is 13.6. The van der Waals surface area contributed by atoms with Gasteiger partial charge in [0.2, 0.25) is 0 Å². The summed E-state index contributed by atoms with van der Waals surface area (Å²) in [6.45, 7) is 2.49. The Hall–Kier alpha value is -5.03. The van der Waals surface area contributed by atoms with Crippen molar-refractivity contribution in [3.8, 4) is 17.1 Å². The summed E-state index contributed by atoms with van der Waals surface area (Å²) >= 11 is 0. The molecule has 0 amide bonds. The van der Waals surface area contributed by atoms with E-state index in [1.807, 2.05) is 91.0 Å². The fourth-order valence-electron chi connectivity index (χ4n) is 4.62. The summed E-state index contributed by atoms with van der Waals surface area (Å²) in [4.78, 5) is 18.4.